The first-order chi connectivity index (χ1) is 15.9. The van der Waals surface area contributed by atoms with Gasteiger partial charge in [0.15, 0.2) is 5.69 Å². The van der Waals surface area contributed by atoms with Gasteiger partial charge < -0.3 is 11.1 Å². The van der Waals surface area contributed by atoms with Gasteiger partial charge in [0, 0.05) is 18.2 Å². The number of amides is 2. The fourth-order valence-corrected chi connectivity index (χ4v) is 3.05. The molecule has 0 bridgehead atoms. The number of nitrogens with one attached hydrogen (secondary N) is 2. The Balaban J connectivity index is 1.65. The van der Waals surface area contributed by atoms with E-state index in [-0.39, 0.29) is 23.2 Å². The molecule has 0 saturated heterocycles. The molecule has 0 aliphatic heterocycles. The number of nitrogen functional groups attached to an aromatic ring is 1. The van der Waals surface area contributed by atoms with Crippen LogP contribution in [-0.2, 0) is 4.79 Å². The minimum absolute atomic E-state index is 0.00282. The van der Waals surface area contributed by atoms with E-state index >= 15 is 0 Å². The van der Waals surface area contributed by atoms with E-state index in [1.54, 1.807) is 37.3 Å². The Morgan fingerprint density at radius 2 is 1.85 bits per heavy atom. The smallest absolute Gasteiger partial charge is 0.294 e. The molecule has 4 aromatic rings. The standard InChI is InChI=1S/C21H19N9O3/c1-12(15-9-6-10-16(11-15)23-13(2)31)24-26-21(32)17-18(14-7-4-3-5-8-14)30(29-25-17)20-19(22)27-33-28-20/h3-11H,1-2H3,(H2,22,27)(H,23,31)(H,26,32). The zero-order chi connectivity index (χ0) is 23.4. The van der Waals surface area contributed by atoms with E-state index in [0.717, 1.165) is 5.56 Å². The number of hydrazone groups is 1. The Bertz CT molecular complexity index is 1340. The van der Waals surface area contributed by atoms with Crippen LogP contribution in [0.1, 0.15) is 29.9 Å². The first-order valence-corrected chi connectivity index (χ1v) is 9.76. The van der Waals surface area contributed by atoms with Crippen LogP contribution in [0.4, 0.5) is 11.5 Å². The highest BCUT2D eigenvalue weighted by Gasteiger charge is 2.25. The number of aromatic nitrogens is 5. The van der Waals surface area contributed by atoms with Gasteiger partial charge in [-0.3, -0.25) is 9.59 Å². The summed E-state index contributed by atoms with van der Waals surface area (Å²) >= 11 is 0. The highest BCUT2D eigenvalue weighted by Crippen LogP contribution is 2.26. The Hall–Kier alpha value is -4.87. The second kappa shape index (κ2) is 9.09. The summed E-state index contributed by atoms with van der Waals surface area (Å²) < 4.78 is 5.94. The lowest BCUT2D eigenvalue weighted by molar-refractivity contribution is -0.114. The monoisotopic (exact) mass is 445 g/mol. The third-order valence-corrected chi connectivity index (χ3v) is 4.55. The summed E-state index contributed by atoms with van der Waals surface area (Å²) in [5.74, 6) is -0.672. The number of nitrogens with zero attached hydrogens (tertiary/aromatic N) is 6. The third-order valence-electron chi connectivity index (χ3n) is 4.55. The van der Waals surface area contributed by atoms with Crippen LogP contribution >= 0.6 is 0 Å². The SMILES string of the molecule is CC(=O)Nc1cccc(C(C)=NNC(=O)c2nnn(-c3nonc3N)c2-c2ccccc2)c1. The molecule has 0 unspecified atom stereocenters. The molecule has 2 amide bonds. The number of nitrogens with two attached hydrogens (primary N) is 1. The van der Waals surface area contributed by atoms with Crippen molar-refractivity contribution in [1.82, 2.24) is 30.7 Å². The van der Waals surface area contributed by atoms with Gasteiger partial charge in [-0.05, 0) is 34.9 Å². The van der Waals surface area contributed by atoms with Gasteiger partial charge in [0.2, 0.25) is 17.5 Å². The molecular weight excluding hydrogens is 426 g/mol. The molecule has 0 radical (unpaired) electrons. The number of carbonyl (C=O) groups is 2. The van der Waals surface area contributed by atoms with Crippen LogP contribution in [0.15, 0.2) is 64.3 Å². The molecule has 166 valence electrons. The fourth-order valence-electron chi connectivity index (χ4n) is 3.05. The van der Waals surface area contributed by atoms with Crippen molar-refractivity contribution < 1.29 is 14.2 Å². The predicted molar refractivity (Wildman–Crippen MR) is 119 cm³/mol. The lowest BCUT2D eigenvalue weighted by Gasteiger charge is -2.07. The zero-order valence-electron chi connectivity index (χ0n) is 17.7. The largest absolute Gasteiger partial charge is 0.378 e. The average Bonchev–Trinajstić information content (AvgIpc) is 3.43. The van der Waals surface area contributed by atoms with Crippen LogP contribution in [0, 0.1) is 0 Å². The van der Waals surface area contributed by atoms with Crippen molar-refractivity contribution >= 4 is 29.0 Å². The number of carbonyl (C=O) groups excluding carboxylic acids is 2. The van der Waals surface area contributed by atoms with Crippen LogP contribution < -0.4 is 16.5 Å². The van der Waals surface area contributed by atoms with Gasteiger partial charge in [0.25, 0.3) is 5.91 Å². The molecule has 4 N–H and O–H groups in total. The topological polar surface area (TPSA) is 166 Å². The van der Waals surface area contributed by atoms with E-state index in [9.17, 15) is 9.59 Å². The van der Waals surface area contributed by atoms with E-state index in [2.05, 4.69) is 41.1 Å². The molecule has 12 nitrogen and oxygen atoms in total. The normalized spacial score (nSPS) is 11.3. The minimum atomic E-state index is -0.590. The Morgan fingerprint density at radius 3 is 2.55 bits per heavy atom. The summed E-state index contributed by atoms with van der Waals surface area (Å²) in [6.45, 7) is 3.15. The van der Waals surface area contributed by atoms with Gasteiger partial charge >= 0.3 is 0 Å². The van der Waals surface area contributed by atoms with Crippen LogP contribution in [0.3, 0.4) is 0 Å². The highest BCUT2D eigenvalue weighted by molar-refractivity contribution is 6.03. The lowest BCUT2D eigenvalue weighted by Crippen LogP contribution is -2.21. The third kappa shape index (κ3) is 4.58. The van der Waals surface area contributed by atoms with Crippen molar-refractivity contribution in [3.63, 3.8) is 0 Å². The van der Waals surface area contributed by atoms with Crippen molar-refractivity contribution in [3.8, 4) is 17.1 Å². The van der Waals surface area contributed by atoms with Crippen LogP contribution in [0.5, 0.6) is 0 Å². The predicted octanol–water partition coefficient (Wildman–Crippen LogP) is 2.01. The van der Waals surface area contributed by atoms with Crippen molar-refractivity contribution in [2.75, 3.05) is 11.1 Å². The van der Waals surface area contributed by atoms with Crippen molar-refractivity contribution in [1.29, 1.82) is 0 Å². The number of hydrogen-bond donors (Lipinski definition) is 3. The second-order valence-corrected chi connectivity index (χ2v) is 6.94. The zero-order valence-corrected chi connectivity index (χ0v) is 17.7. The minimum Gasteiger partial charge on any atom is -0.378 e. The molecule has 2 aromatic carbocycles. The summed E-state index contributed by atoms with van der Waals surface area (Å²) in [5, 5.41) is 22.2. The van der Waals surface area contributed by atoms with Crippen LogP contribution in [0.25, 0.3) is 17.1 Å². The molecule has 2 aromatic heterocycles. The lowest BCUT2D eigenvalue weighted by atomic mass is 10.1. The van der Waals surface area contributed by atoms with Gasteiger partial charge in [-0.2, -0.15) is 9.78 Å². The number of anilines is 2. The second-order valence-electron chi connectivity index (χ2n) is 6.94. The van der Waals surface area contributed by atoms with Crippen molar-refractivity contribution in [3.05, 3.63) is 65.9 Å². The van der Waals surface area contributed by atoms with Gasteiger partial charge in [0.05, 0.1) is 5.71 Å². The highest BCUT2D eigenvalue weighted by atomic mass is 16.6. The Morgan fingerprint density at radius 1 is 1.06 bits per heavy atom. The van der Waals surface area contributed by atoms with Crippen LogP contribution in [-0.4, -0.2) is 42.8 Å². The molecule has 0 aliphatic carbocycles. The first kappa shape index (κ1) is 21.4. The average molecular weight is 445 g/mol. The van der Waals surface area contributed by atoms with Gasteiger partial charge in [-0.15, -0.1) is 5.10 Å². The van der Waals surface area contributed by atoms with E-state index in [1.807, 2.05) is 24.3 Å². The van der Waals surface area contributed by atoms with Crippen molar-refractivity contribution in [2.45, 2.75) is 13.8 Å². The summed E-state index contributed by atoms with van der Waals surface area (Å²) in [7, 11) is 0. The molecular formula is C21H19N9O3. The number of benzene rings is 2. The summed E-state index contributed by atoms with van der Waals surface area (Å²) in [4.78, 5) is 24.3. The van der Waals surface area contributed by atoms with E-state index in [4.69, 9.17) is 5.73 Å². The molecule has 33 heavy (non-hydrogen) atoms. The summed E-state index contributed by atoms with van der Waals surface area (Å²) in [5.41, 5.74) is 11.2. The van der Waals surface area contributed by atoms with Gasteiger partial charge in [-0.1, -0.05) is 47.7 Å². The maximum Gasteiger partial charge on any atom is 0.294 e. The van der Waals surface area contributed by atoms with E-state index in [1.165, 1.54) is 11.6 Å². The molecule has 0 fully saturated rings. The molecule has 0 aliphatic rings. The number of rotatable bonds is 6. The molecule has 0 saturated carbocycles. The summed E-state index contributed by atoms with van der Waals surface area (Å²) in [6.07, 6.45) is 0. The van der Waals surface area contributed by atoms with Gasteiger partial charge in [-0.25, -0.2) is 10.1 Å². The quantitative estimate of drug-likeness (QED) is 0.299. The number of hydrogen-bond acceptors (Lipinski definition) is 9. The maximum absolute atomic E-state index is 13.0. The van der Waals surface area contributed by atoms with E-state index < -0.39 is 5.91 Å². The molecule has 0 atom stereocenters. The van der Waals surface area contributed by atoms with Gasteiger partial charge in [0.1, 0.15) is 5.69 Å². The maximum atomic E-state index is 13.0. The Kier molecular flexibility index (Phi) is 5.89. The summed E-state index contributed by atoms with van der Waals surface area (Å²) in [6, 6.07) is 16.1. The van der Waals surface area contributed by atoms with Crippen molar-refractivity contribution in [2.24, 2.45) is 5.10 Å². The van der Waals surface area contributed by atoms with E-state index in [0.29, 0.717) is 22.7 Å². The Labute approximate surface area is 187 Å². The molecule has 12 heteroatoms. The fraction of sp³-hybridized carbons (Fsp3) is 0.0952. The van der Waals surface area contributed by atoms with Crippen LogP contribution in [0.2, 0.25) is 0 Å². The molecule has 0 spiro atoms. The molecule has 4 rings (SSSR count). The molecule has 2 heterocycles. The first-order valence-electron chi connectivity index (χ1n) is 9.76.